The summed E-state index contributed by atoms with van der Waals surface area (Å²) in [5.41, 5.74) is 8.31. The number of nitrogens with two attached hydrogens (primary N) is 1. The molecule has 11 heteroatoms. The summed E-state index contributed by atoms with van der Waals surface area (Å²) >= 11 is 13.8. The minimum Gasteiger partial charge on any atom is -0.387 e. The van der Waals surface area contributed by atoms with Gasteiger partial charge in [-0.2, -0.15) is 5.26 Å². The van der Waals surface area contributed by atoms with Crippen LogP contribution in [0.15, 0.2) is 47.6 Å². The molecule has 164 valence electrons. The van der Waals surface area contributed by atoms with Crippen LogP contribution in [0.1, 0.15) is 11.8 Å². The van der Waals surface area contributed by atoms with Gasteiger partial charge in [-0.3, -0.25) is 10.2 Å². The zero-order valence-electron chi connectivity index (χ0n) is 16.8. The van der Waals surface area contributed by atoms with Gasteiger partial charge < -0.3 is 16.2 Å². The van der Waals surface area contributed by atoms with Crippen LogP contribution in [-0.2, 0) is 4.79 Å². The lowest BCUT2D eigenvalue weighted by molar-refractivity contribution is -0.118. The molecule has 8 nitrogen and oxygen atoms in total. The molecule has 0 spiro atoms. The summed E-state index contributed by atoms with van der Waals surface area (Å²) in [6, 6.07) is 12.3. The number of nitrogens with zero attached hydrogens (tertiary/aromatic N) is 3. The van der Waals surface area contributed by atoms with Crippen LogP contribution >= 0.6 is 34.5 Å². The smallest absolute Gasteiger partial charge is 0.251 e. The maximum atomic E-state index is 11.4. The van der Waals surface area contributed by atoms with E-state index in [0.29, 0.717) is 20.7 Å². The first-order valence-electron chi connectivity index (χ1n) is 8.94. The van der Waals surface area contributed by atoms with Crippen molar-refractivity contribution in [2.24, 2.45) is 10.7 Å². The molecule has 3 rings (SSSR count). The number of aliphatic hydroxyl groups is 1. The fourth-order valence-electron chi connectivity index (χ4n) is 2.59. The standard InChI is InChI=1S/C19H15Cl2N5O2S.C2H3N/c20-11-1-2-12(14(21)6-11)13-7-15(29-18(13)19(23)25-9-22)10-3-4-24-16(5-10)26-17(28)8-27;1-2-3/h1-7,9,27H,8H2,(H3,22,23,25)(H,24,26,28);1H3. The van der Waals surface area contributed by atoms with Gasteiger partial charge in [0.25, 0.3) is 5.91 Å². The first-order chi connectivity index (χ1) is 15.3. The van der Waals surface area contributed by atoms with Gasteiger partial charge in [-0.25, -0.2) is 9.98 Å². The number of amides is 1. The molecule has 0 unspecified atom stereocenters. The molecule has 1 amide bonds. The lowest BCUT2D eigenvalue weighted by atomic mass is 10.0. The Morgan fingerprint density at radius 1 is 1.34 bits per heavy atom. The van der Waals surface area contributed by atoms with Crippen molar-refractivity contribution in [2.45, 2.75) is 6.92 Å². The van der Waals surface area contributed by atoms with Gasteiger partial charge in [-0.15, -0.1) is 11.3 Å². The van der Waals surface area contributed by atoms with E-state index in [9.17, 15) is 4.79 Å². The Kier molecular flexibility index (Phi) is 9.31. The van der Waals surface area contributed by atoms with Crippen LogP contribution in [0.3, 0.4) is 0 Å². The topological polar surface area (TPSA) is 148 Å². The molecule has 3 aromatic rings. The lowest BCUT2D eigenvalue weighted by Crippen LogP contribution is -2.16. The van der Waals surface area contributed by atoms with Gasteiger partial charge in [0.2, 0.25) is 0 Å². The number of anilines is 1. The number of aliphatic hydroxyl groups excluding tert-OH is 1. The molecule has 0 bridgehead atoms. The Morgan fingerprint density at radius 2 is 2.06 bits per heavy atom. The number of halogens is 2. The number of nitriles is 1. The number of aliphatic imine (C=N–C) groups is 1. The molecule has 0 fully saturated rings. The van der Waals surface area contributed by atoms with Crippen molar-refractivity contribution in [3.8, 4) is 27.6 Å². The number of hydrogen-bond acceptors (Lipinski definition) is 6. The number of hydrogen-bond donors (Lipinski definition) is 4. The van der Waals surface area contributed by atoms with Gasteiger partial charge in [-0.05, 0) is 35.9 Å². The van der Waals surface area contributed by atoms with E-state index in [4.69, 9.17) is 44.7 Å². The highest BCUT2D eigenvalue weighted by atomic mass is 35.5. The Morgan fingerprint density at radius 3 is 2.69 bits per heavy atom. The van der Waals surface area contributed by atoms with Crippen molar-refractivity contribution in [2.75, 3.05) is 11.9 Å². The number of carbonyl (C=O) groups excluding carboxylic acids is 1. The molecule has 1 aromatic carbocycles. The highest BCUT2D eigenvalue weighted by molar-refractivity contribution is 7.18. The molecular formula is C21H18Cl2N6O2S. The molecule has 0 saturated heterocycles. The molecule has 0 atom stereocenters. The second-order valence-corrected chi connectivity index (χ2v) is 7.88. The van der Waals surface area contributed by atoms with Crippen molar-refractivity contribution < 1.29 is 9.90 Å². The van der Waals surface area contributed by atoms with E-state index < -0.39 is 12.5 Å². The predicted octanol–water partition coefficient (Wildman–Crippen LogP) is 4.56. The third kappa shape index (κ3) is 6.35. The average Bonchev–Trinajstić information content (AvgIpc) is 3.20. The van der Waals surface area contributed by atoms with Crippen molar-refractivity contribution in [3.63, 3.8) is 0 Å². The van der Waals surface area contributed by atoms with E-state index in [1.807, 2.05) is 6.07 Å². The lowest BCUT2D eigenvalue weighted by Gasteiger charge is -2.06. The summed E-state index contributed by atoms with van der Waals surface area (Å²) in [7, 11) is 0. The van der Waals surface area contributed by atoms with E-state index in [-0.39, 0.29) is 5.84 Å². The Hall–Kier alpha value is -3.29. The van der Waals surface area contributed by atoms with Gasteiger partial charge in [-0.1, -0.05) is 29.3 Å². The number of aromatic nitrogens is 1. The zero-order valence-corrected chi connectivity index (χ0v) is 19.1. The maximum absolute atomic E-state index is 11.4. The van der Waals surface area contributed by atoms with Crippen LogP contribution in [0.4, 0.5) is 5.82 Å². The molecule has 2 heterocycles. The van der Waals surface area contributed by atoms with Crippen LogP contribution < -0.4 is 11.1 Å². The molecular weight excluding hydrogens is 471 g/mol. The third-order valence-corrected chi connectivity index (χ3v) is 5.60. The van der Waals surface area contributed by atoms with Gasteiger partial charge >= 0.3 is 0 Å². The van der Waals surface area contributed by atoms with Crippen LogP contribution in [0.2, 0.25) is 10.0 Å². The fourth-order valence-corrected chi connectivity index (χ4v) is 4.18. The van der Waals surface area contributed by atoms with E-state index >= 15 is 0 Å². The van der Waals surface area contributed by atoms with Crippen LogP contribution in [0, 0.1) is 16.7 Å². The average molecular weight is 489 g/mol. The molecule has 32 heavy (non-hydrogen) atoms. The number of thiophene rings is 1. The van der Waals surface area contributed by atoms with Crippen molar-refractivity contribution in [1.29, 1.82) is 10.7 Å². The first-order valence-corrected chi connectivity index (χ1v) is 10.5. The number of amidine groups is 1. The van der Waals surface area contributed by atoms with Gasteiger partial charge in [0.1, 0.15) is 24.6 Å². The molecule has 0 aliphatic rings. The minimum atomic E-state index is -0.634. The molecule has 0 saturated carbocycles. The van der Waals surface area contributed by atoms with Gasteiger partial charge in [0, 0.05) is 39.2 Å². The molecule has 0 aliphatic carbocycles. The number of rotatable bonds is 6. The summed E-state index contributed by atoms with van der Waals surface area (Å²) in [6.45, 7) is 0.797. The SMILES string of the molecule is CC#N.N=CN=C(N)c1sc(-c2ccnc(NC(=O)CO)c2)cc1-c1ccc(Cl)cc1Cl. The normalized spacial score (nSPS) is 10.5. The maximum Gasteiger partial charge on any atom is 0.251 e. The Balaban J connectivity index is 0.00000114. The zero-order chi connectivity index (χ0) is 23.7. The molecule has 0 radical (unpaired) electrons. The van der Waals surface area contributed by atoms with Gasteiger partial charge in [0.15, 0.2) is 0 Å². The summed E-state index contributed by atoms with van der Waals surface area (Å²) < 4.78 is 0. The fraction of sp³-hybridized carbons (Fsp3) is 0.0952. The Bertz CT molecular complexity index is 1200. The molecule has 2 aromatic heterocycles. The van der Waals surface area contributed by atoms with Crippen LogP contribution in [-0.4, -0.2) is 34.8 Å². The monoisotopic (exact) mass is 488 g/mol. The largest absolute Gasteiger partial charge is 0.387 e. The predicted molar refractivity (Wildman–Crippen MR) is 130 cm³/mol. The van der Waals surface area contributed by atoms with Crippen LogP contribution in [0.5, 0.6) is 0 Å². The number of pyridine rings is 1. The van der Waals surface area contributed by atoms with E-state index in [1.54, 1.807) is 42.6 Å². The van der Waals surface area contributed by atoms with E-state index in [1.165, 1.54) is 18.3 Å². The Labute approximate surface area is 198 Å². The quantitative estimate of drug-likeness (QED) is 0.296. The summed E-state index contributed by atoms with van der Waals surface area (Å²) in [4.78, 5) is 20.8. The highest BCUT2D eigenvalue weighted by Crippen LogP contribution is 2.40. The number of carbonyl (C=O) groups is 1. The van der Waals surface area contributed by atoms with Crippen molar-refractivity contribution in [1.82, 2.24) is 4.98 Å². The van der Waals surface area contributed by atoms with Crippen molar-refractivity contribution >= 4 is 58.4 Å². The second kappa shape index (κ2) is 11.9. The molecule has 5 N–H and O–H groups in total. The van der Waals surface area contributed by atoms with Gasteiger partial charge in [0.05, 0.1) is 10.9 Å². The minimum absolute atomic E-state index is 0.181. The van der Waals surface area contributed by atoms with E-state index in [2.05, 4.69) is 15.3 Å². The summed E-state index contributed by atoms with van der Waals surface area (Å²) in [5.74, 6) is -0.0682. The highest BCUT2D eigenvalue weighted by Gasteiger charge is 2.18. The first kappa shape index (κ1) is 25.0. The number of benzene rings is 1. The van der Waals surface area contributed by atoms with Crippen molar-refractivity contribution in [3.05, 3.63) is 57.5 Å². The summed E-state index contributed by atoms with van der Waals surface area (Å²) in [6.07, 6.45) is 2.42. The van der Waals surface area contributed by atoms with Crippen LogP contribution in [0.25, 0.3) is 21.6 Å². The number of nitrogens with one attached hydrogen (secondary N) is 2. The summed E-state index contributed by atoms with van der Waals surface area (Å²) in [5, 5.41) is 26.9. The molecule has 0 aliphatic heterocycles. The third-order valence-electron chi connectivity index (χ3n) is 3.85. The van der Waals surface area contributed by atoms with E-state index in [0.717, 1.165) is 27.9 Å². The second-order valence-electron chi connectivity index (χ2n) is 5.98.